The van der Waals surface area contributed by atoms with E-state index in [0.717, 1.165) is 0 Å². The number of hydrogen-bond acceptors (Lipinski definition) is 15. The second kappa shape index (κ2) is 13.3. The lowest BCUT2D eigenvalue weighted by Crippen LogP contribution is -2.39. The molecule has 6 atom stereocenters. The van der Waals surface area contributed by atoms with Crippen LogP contribution in [0.1, 0.15) is 40.8 Å². The molecule has 0 aliphatic carbocycles. The Hall–Kier alpha value is -4.33. The van der Waals surface area contributed by atoms with Crippen LogP contribution in [0, 0.1) is 16.7 Å². The maximum Gasteiger partial charge on any atom is 0.459 e. The lowest BCUT2D eigenvalue weighted by molar-refractivity contribution is -0.149. The number of aliphatic hydroxyl groups is 1. The van der Waals surface area contributed by atoms with Gasteiger partial charge in [0.1, 0.15) is 35.2 Å². The van der Waals surface area contributed by atoms with Gasteiger partial charge in [0.25, 0.3) is 0 Å². The molecule has 3 aromatic rings. The molecule has 0 bridgehead atoms. The molecular weight excluding hydrogens is 613 g/mol. The number of nitrogens with one attached hydrogen (secondary N) is 1. The number of nitrogens with zero attached hydrogens (tertiary/aromatic N) is 5. The molecule has 45 heavy (non-hydrogen) atoms. The number of imidazole rings is 1. The van der Waals surface area contributed by atoms with Gasteiger partial charge in [0, 0.05) is 13.0 Å². The molecule has 4 rings (SSSR count). The summed E-state index contributed by atoms with van der Waals surface area (Å²) < 4.78 is 48.4. The molecule has 1 aromatic carbocycles. The number of carbonyl (C=O) groups is 2. The molecule has 242 valence electrons. The Kier molecular flexibility index (Phi) is 9.95. The summed E-state index contributed by atoms with van der Waals surface area (Å²) in [6.07, 6.45) is -2.99. The van der Waals surface area contributed by atoms with Crippen molar-refractivity contribution in [2.24, 2.45) is 5.41 Å². The maximum atomic E-state index is 14.1. The van der Waals surface area contributed by atoms with E-state index < -0.39 is 62.3 Å². The standard InChI is InChI=1S/C27H34N7O10P/c1-14(2)41-24(37)15(3)33-45(38,44-18-9-7-8-17(10-18)42-16(4)35)40-11-19-21(36)27(5,12-28)25(43-19)34-13-30-20-22(34)31-26(29)32-23(20)39-6/h7-10,13-15,19,21,25,36H,11H2,1-6H3,(H,33,38)(H2,29,31,32)/t15-,19+,21+,25+,27+,45?/m0/s1. The number of nitriles is 1. The molecule has 0 radical (unpaired) electrons. The van der Waals surface area contributed by atoms with Crippen LogP contribution in [0.4, 0.5) is 5.95 Å². The highest BCUT2D eigenvalue weighted by molar-refractivity contribution is 7.52. The molecule has 1 saturated heterocycles. The van der Waals surface area contributed by atoms with Crippen LogP contribution in [-0.2, 0) is 28.2 Å². The average Bonchev–Trinajstić information content (AvgIpc) is 3.49. The molecule has 1 aliphatic rings. The highest BCUT2D eigenvalue weighted by Gasteiger charge is 2.56. The summed E-state index contributed by atoms with van der Waals surface area (Å²) >= 11 is 0. The largest absolute Gasteiger partial charge is 0.479 e. The zero-order valence-electron chi connectivity index (χ0n) is 25.4. The predicted molar refractivity (Wildman–Crippen MR) is 156 cm³/mol. The SMILES string of the molecule is COc1nc(N)nc2c1ncn2[C@@H]1O[C@H](COP(=O)(N[C@@H](C)C(=O)OC(C)C)Oc2cccc(OC(C)=O)c2)[C@@H](O)[C@@]1(C)C#N. The van der Waals surface area contributed by atoms with Crippen LogP contribution >= 0.6 is 7.75 Å². The summed E-state index contributed by atoms with van der Waals surface area (Å²) in [4.78, 5) is 36.4. The predicted octanol–water partition coefficient (Wildman–Crippen LogP) is 2.26. The smallest absolute Gasteiger partial charge is 0.459 e. The molecule has 1 unspecified atom stereocenters. The molecular formula is C27H34N7O10P. The number of nitrogens with two attached hydrogens (primary N) is 1. The number of aromatic nitrogens is 4. The van der Waals surface area contributed by atoms with Crippen LogP contribution in [0.15, 0.2) is 30.6 Å². The normalized spacial score (nSPS) is 23.2. The number of fused-ring (bicyclic) bond motifs is 1. The lowest BCUT2D eigenvalue weighted by atomic mass is 9.84. The van der Waals surface area contributed by atoms with Gasteiger partial charge in [-0.15, -0.1) is 0 Å². The van der Waals surface area contributed by atoms with E-state index in [4.69, 9.17) is 33.7 Å². The molecule has 17 nitrogen and oxygen atoms in total. The van der Waals surface area contributed by atoms with Crippen molar-refractivity contribution in [1.82, 2.24) is 24.6 Å². The summed E-state index contributed by atoms with van der Waals surface area (Å²) in [6, 6.07) is 6.61. The van der Waals surface area contributed by atoms with Crippen LogP contribution in [0.2, 0.25) is 0 Å². The van der Waals surface area contributed by atoms with Crippen LogP contribution < -0.4 is 24.8 Å². The van der Waals surface area contributed by atoms with Crippen LogP contribution in [-0.4, -0.2) is 74.6 Å². The molecule has 0 saturated carbocycles. The number of carbonyl (C=O) groups excluding carboxylic acids is 2. The van der Waals surface area contributed by atoms with Gasteiger partial charge in [-0.05, 0) is 39.8 Å². The Morgan fingerprint density at radius 3 is 2.64 bits per heavy atom. The maximum absolute atomic E-state index is 14.1. The minimum atomic E-state index is -4.45. The van der Waals surface area contributed by atoms with Gasteiger partial charge in [0.05, 0.1) is 32.2 Å². The van der Waals surface area contributed by atoms with E-state index in [9.17, 15) is 24.5 Å². The fourth-order valence-electron chi connectivity index (χ4n) is 4.53. The number of benzene rings is 1. The summed E-state index contributed by atoms with van der Waals surface area (Å²) in [5, 5.41) is 23.9. The summed E-state index contributed by atoms with van der Waals surface area (Å²) in [7, 11) is -3.07. The summed E-state index contributed by atoms with van der Waals surface area (Å²) in [6.45, 7) is 6.81. The highest BCUT2D eigenvalue weighted by Crippen LogP contribution is 2.50. The topological polar surface area (TPSA) is 232 Å². The molecule has 0 amide bonds. The van der Waals surface area contributed by atoms with Crippen molar-refractivity contribution >= 4 is 36.8 Å². The minimum Gasteiger partial charge on any atom is -0.479 e. The summed E-state index contributed by atoms with van der Waals surface area (Å²) in [5.74, 6) is -1.27. The zero-order valence-corrected chi connectivity index (χ0v) is 26.3. The van der Waals surface area contributed by atoms with Gasteiger partial charge in [-0.2, -0.15) is 20.3 Å². The van der Waals surface area contributed by atoms with Crippen molar-refractivity contribution < 1.29 is 47.3 Å². The monoisotopic (exact) mass is 647 g/mol. The van der Waals surface area contributed by atoms with E-state index in [2.05, 4.69) is 26.1 Å². The van der Waals surface area contributed by atoms with Crippen LogP contribution in [0.25, 0.3) is 11.2 Å². The van der Waals surface area contributed by atoms with E-state index in [0.29, 0.717) is 0 Å². The number of esters is 2. The number of methoxy groups -OCH3 is 1. The van der Waals surface area contributed by atoms with Gasteiger partial charge in [-0.25, -0.2) is 9.55 Å². The first-order valence-corrected chi connectivity index (χ1v) is 15.2. The molecule has 3 heterocycles. The molecule has 1 aliphatic heterocycles. The third-order valence-electron chi connectivity index (χ3n) is 6.64. The van der Waals surface area contributed by atoms with Gasteiger partial charge in [0.2, 0.25) is 11.8 Å². The Morgan fingerprint density at radius 1 is 1.29 bits per heavy atom. The molecule has 4 N–H and O–H groups in total. The second-order valence-electron chi connectivity index (χ2n) is 10.6. The lowest BCUT2D eigenvalue weighted by Gasteiger charge is -2.26. The van der Waals surface area contributed by atoms with Gasteiger partial charge in [0.15, 0.2) is 17.4 Å². The van der Waals surface area contributed by atoms with Crippen LogP contribution in [0.5, 0.6) is 17.4 Å². The Labute approximate surface area is 258 Å². The summed E-state index contributed by atoms with van der Waals surface area (Å²) in [5.41, 5.74) is 4.67. The number of rotatable bonds is 12. The number of anilines is 1. The van der Waals surface area contributed by atoms with Crippen molar-refractivity contribution in [3.63, 3.8) is 0 Å². The Morgan fingerprint density at radius 2 is 2.00 bits per heavy atom. The van der Waals surface area contributed by atoms with Gasteiger partial charge in [-0.3, -0.25) is 18.7 Å². The van der Waals surface area contributed by atoms with Crippen LogP contribution in [0.3, 0.4) is 0 Å². The quantitative estimate of drug-likeness (QED) is 0.145. The van der Waals surface area contributed by atoms with E-state index in [1.54, 1.807) is 13.8 Å². The Balaban J connectivity index is 1.62. The number of ether oxygens (including phenoxy) is 4. The van der Waals surface area contributed by atoms with E-state index in [-0.39, 0.29) is 34.5 Å². The second-order valence-corrected chi connectivity index (χ2v) is 12.3. The van der Waals surface area contributed by atoms with Crippen molar-refractivity contribution in [3.8, 4) is 23.4 Å². The molecule has 1 fully saturated rings. The minimum absolute atomic E-state index is 0.0299. The third kappa shape index (κ3) is 7.32. The zero-order chi connectivity index (χ0) is 33.1. The van der Waals surface area contributed by atoms with Gasteiger partial charge in [-0.1, -0.05) is 6.07 Å². The van der Waals surface area contributed by atoms with Gasteiger partial charge < -0.3 is 34.3 Å². The fraction of sp³-hybridized carbons (Fsp3) is 0.481. The first kappa shape index (κ1) is 33.6. The van der Waals surface area contributed by atoms with Crippen molar-refractivity contribution in [2.45, 2.75) is 65.2 Å². The molecule has 2 aromatic heterocycles. The number of aliphatic hydroxyl groups excluding tert-OH is 1. The third-order valence-corrected chi connectivity index (χ3v) is 8.28. The first-order chi connectivity index (χ1) is 21.2. The highest BCUT2D eigenvalue weighted by atomic mass is 31.2. The molecule has 18 heteroatoms. The van der Waals surface area contributed by atoms with E-state index in [1.807, 2.05) is 0 Å². The van der Waals surface area contributed by atoms with Crippen molar-refractivity contribution in [2.75, 3.05) is 19.5 Å². The first-order valence-electron chi connectivity index (χ1n) is 13.7. The van der Waals surface area contributed by atoms with E-state index in [1.165, 1.54) is 63.0 Å². The fourth-order valence-corrected chi connectivity index (χ4v) is 6.02. The van der Waals surface area contributed by atoms with Crippen molar-refractivity contribution in [1.29, 1.82) is 5.26 Å². The van der Waals surface area contributed by atoms with E-state index >= 15 is 0 Å². The number of nitrogen functional groups attached to an aromatic ring is 1. The number of hydrogen-bond donors (Lipinski definition) is 3. The average molecular weight is 648 g/mol. The molecule has 0 spiro atoms. The van der Waals surface area contributed by atoms with Crippen molar-refractivity contribution in [3.05, 3.63) is 30.6 Å². The Bertz CT molecular complexity index is 1660. The van der Waals surface area contributed by atoms with Gasteiger partial charge >= 0.3 is 19.7 Å².